The average molecular weight is 253 g/mol. The number of piperidine rings is 2. The fraction of sp³-hybridized carbons (Fsp3) is 0.929. The lowest BCUT2D eigenvalue weighted by atomic mass is 9.95. The Hall–Kier alpha value is -0.610. The Kier molecular flexibility index (Phi) is 4.62. The first-order chi connectivity index (χ1) is 8.56. The molecule has 0 aromatic carbocycles. The summed E-state index contributed by atoms with van der Waals surface area (Å²) in [6.07, 6.45) is 3.34. The molecule has 4 nitrogen and oxygen atoms in total. The van der Waals surface area contributed by atoms with Crippen molar-refractivity contribution in [2.75, 3.05) is 32.7 Å². The Morgan fingerprint density at radius 3 is 2.44 bits per heavy atom. The first kappa shape index (κ1) is 13.8. The van der Waals surface area contributed by atoms with Gasteiger partial charge in [0.15, 0.2) is 0 Å². The number of amides is 1. The van der Waals surface area contributed by atoms with E-state index in [1.807, 2.05) is 4.90 Å². The molecule has 2 heterocycles. The molecule has 0 spiro atoms. The van der Waals surface area contributed by atoms with E-state index in [0.29, 0.717) is 24.4 Å². The van der Waals surface area contributed by atoms with Gasteiger partial charge in [-0.2, -0.15) is 0 Å². The number of nitrogens with zero attached hydrogens (tertiary/aromatic N) is 2. The molecule has 4 heteroatoms. The van der Waals surface area contributed by atoms with Crippen LogP contribution in [0.4, 0.5) is 0 Å². The predicted octanol–water partition coefficient (Wildman–Crippen LogP) is 0.914. The standard InChI is InChI=1S/C14H27N3O/c1-11-3-7-17(8-4-11)14(18)10-16-6-5-13(15)12(2)9-16/h11-13H,3-10,15H2,1-2H3. The van der Waals surface area contributed by atoms with E-state index in [1.54, 1.807) is 0 Å². The lowest BCUT2D eigenvalue weighted by molar-refractivity contribution is -0.134. The molecule has 2 atom stereocenters. The van der Waals surface area contributed by atoms with Crippen LogP contribution in [-0.4, -0.2) is 54.5 Å². The lowest BCUT2D eigenvalue weighted by Gasteiger charge is -2.37. The summed E-state index contributed by atoms with van der Waals surface area (Å²) in [6.45, 7) is 8.88. The Labute approximate surface area is 110 Å². The maximum Gasteiger partial charge on any atom is 0.236 e. The Bertz CT molecular complexity index is 287. The van der Waals surface area contributed by atoms with E-state index in [0.717, 1.165) is 51.4 Å². The van der Waals surface area contributed by atoms with E-state index in [2.05, 4.69) is 18.7 Å². The van der Waals surface area contributed by atoms with E-state index >= 15 is 0 Å². The molecule has 0 aromatic rings. The van der Waals surface area contributed by atoms with Gasteiger partial charge in [0.25, 0.3) is 0 Å². The van der Waals surface area contributed by atoms with Crippen molar-refractivity contribution in [3.63, 3.8) is 0 Å². The SMILES string of the molecule is CC1CCN(C(=O)CN2CCC(N)C(C)C2)CC1. The van der Waals surface area contributed by atoms with E-state index in [9.17, 15) is 4.79 Å². The molecule has 0 aromatic heterocycles. The molecule has 2 aliphatic rings. The topological polar surface area (TPSA) is 49.6 Å². The van der Waals surface area contributed by atoms with Crippen LogP contribution in [0.3, 0.4) is 0 Å². The number of likely N-dealkylation sites (tertiary alicyclic amines) is 2. The monoisotopic (exact) mass is 253 g/mol. The Morgan fingerprint density at radius 1 is 1.17 bits per heavy atom. The van der Waals surface area contributed by atoms with Crippen molar-refractivity contribution in [3.8, 4) is 0 Å². The molecule has 2 rings (SSSR count). The van der Waals surface area contributed by atoms with Gasteiger partial charge in [-0.15, -0.1) is 0 Å². The van der Waals surface area contributed by atoms with Crippen LogP contribution in [0.25, 0.3) is 0 Å². The number of carbonyl (C=O) groups is 1. The summed E-state index contributed by atoms with van der Waals surface area (Å²) in [5.74, 6) is 1.60. The van der Waals surface area contributed by atoms with Crippen molar-refractivity contribution < 1.29 is 4.79 Å². The predicted molar refractivity (Wildman–Crippen MR) is 73.2 cm³/mol. The van der Waals surface area contributed by atoms with Gasteiger partial charge in [0.2, 0.25) is 5.91 Å². The lowest BCUT2D eigenvalue weighted by Crippen LogP contribution is -2.50. The Balaban J connectivity index is 1.77. The second-order valence-electron chi connectivity index (χ2n) is 6.23. The summed E-state index contributed by atoms with van der Waals surface area (Å²) in [4.78, 5) is 16.5. The van der Waals surface area contributed by atoms with Crippen LogP contribution >= 0.6 is 0 Å². The third kappa shape index (κ3) is 3.45. The summed E-state index contributed by atoms with van der Waals surface area (Å²) in [6, 6.07) is 0.312. The second-order valence-corrected chi connectivity index (χ2v) is 6.23. The zero-order chi connectivity index (χ0) is 13.1. The first-order valence-electron chi connectivity index (χ1n) is 7.32. The summed E-state index contributed by atoms with van der Waals surface area (Å²) < 4.78 is 0. The van der Waals surface area contributed by atoms with Crippen LogP contribution in [0.15, 0.2) is 0 Å². The zero-order valence-electron chi connectivity index (χ0n) is 11.8. The molecular formula is C14H27N3O. The number of hydrogen-bond acceptors (Lipinski definition) is 3. The maximum absolute atomic E-state index is 12.2. The molecule has 2 N–H and O–H groups in total. The molecule has 2 aliphatic heterocycles. The minimum atomic E-state index is 0.310. The van der Waals surface area contributed by atoms with Crippen LogP contribution in [0.5, 0.6) is 0 Å². The first-order valence-corrected chi connectivity index (χ1v) is 7.32. The number of rotatable bonds is 2. The molecule has 2 fully saturated rings. The van der Waals surface area contributed by atoms with Crippen LogP contribution in [0, 0.1) is 11.8 Å². The Morgan fingerprint density at radius 2 is 1.83 bits per heavy atom. The van der Waals surface area contributed by atoms with Gasteiger partial charge in [-0.3, -0.25) is 9.69 Å². The fourth-order valence-corrected chi connectivity index (χ4v) is 2.94. The third-order valence-corrected chi connectivity index (χ3v) is 4.55. The highest BCUT2D eigenvalue weighted by molar-refractivity contribution is 5.78. The number of carbonyl (C=O) groups excluding carboxylic acids is 1. The van der Waals surface area contributed by atoms with Gasteiger partial charge < -0.3 is 10.6 Å². The minimum Gasteiger partial charge on any atom is -0.342 e. The molecule has 18 heavy (non-hydrogen) atoms. The largest absolute Gasteiger partial charge is 0.342 e. The molecule has 2 saturated heterocycles. The van der Waals surface area contributed by atoms with Gasteiger partial charge in [-0.1, -0.05) is 13.8 Å². The third-order valence-electron chi connectivity index (χ3n) is 4.55. The average Bonchev–Trinajstić information content (AvgIpc) is 2.34. The highest BCUT2D eigenvalue weighted by atomic mass is 16.2. The molecule has 2 unspecified atom stereocenters. The van der Waals surface area contributed by atoms with Crippen molar-refractivity contribution in [3.05, 3.63) is 0 Å². The highest BCUT2D eigenvalue weighted by Gasteiger charge is 2.27. The summed E-state index contributed by atoms with van der Waals surface area (Å²) in [7, 11) is 0. The quantitative estimate of drug-likeness (QED) is 0.796. The van der Waals surface area contributed by atoms with Gasteiger partial charge >= 0.3 is 0 Å². The maximum atomic E-state index is 12.2. The van der Waals surface area contributed by atoms with Crippen molar-refractivity contribution in [1.29, 1.82) is 0 Å². The summed E-state index contributed by atoms with van der Waals surface area (Å²) >= 11 is 0. The van der Waals surface area contributed by atoms with Crippen LogP contribution in [0.2, 0.25) is 0 Å². The van der Waals surface area contributed by atoms with Crippen molar-refractivity contribution in [2.45, 2.75) is 39.2 Å². The number of nitrogens with two attached hydrogens (primary N) is 1. The second kappa shape index (κ2) is 6.02. The molecular weight excluding hydrogens is 226 g/mol. The van der Waals surface area contributed by atoms with Gasteiger partial charge in [-0.25, -0.2) is 0 Å². The fourth-order valence-electron chi connectivity index (χ4n) is 2.94. The normalized spacial score (nSPS) is 31.6. The van der Waals surface area contributed by atoms with Crippen molar-refractivity contribution >= 4 is 5.91 Å². The minimum absolute atomic E-state index is 0.310. The van der Waals surface area contributed by atoms with Crippen LogP contribution < -0.4 is 5.73 Å². The molecule has 0 bridgehead atoms. The van der Waals surface area contributed by atoms with E-state index in [1.165, 1.54) is 0 Å². The highest BCUT2D eigenvalue weighted by Crippen LogP contribution is 2.18. The molecule has 0 radical (unpaired) electrons. The van der Waals surface area contributed by atoms with E-state index in [-0.39, 0.29) is 0 Å². The van der Waals surface area contributed by atoms with E-state index < -0.39 is 0 Å². The molecule has 104 valence electrons. The van der Waals surface area contributed by atoms with Crippen molar-refractivity contribution in [1.82, 2.24) is 9.80 Å². The molecule has 0 saturated carbocycles. The van der Waals surface area contributed by atoms with Gasteiger partial charge in [0.1, 0.15) is 0 Å². The van der Waals surface area contributed by atoms with Crippen LogP contribution in [0.1, 0.15) is 33.1 Å². The van der Waals surface area contributed by atoms with Gasteiger partial charge in [0.05, 0.1) is 6.54 Å². The van der Waals surface area contributed by atoms with Gasteiger partial charge in [-0.05, 0) is 31.1 Å². The summed E-state index contributed by atoms with van der Waals surface area (Å²) in [5.41, 5.74) is 6.01. The zero-order valence-corrected chi connectivity index (χ0v) is 11.8. The summed E-state index contributed by atoms with van der Waals surface area (Å²) in [5, 5.41) is 0. The van der Waals surface area contributed by atoms with Crippen LogP contribution in [-0.2, 0) is 4.79 Å². The smallest absolute Gasteiger partial charge is 0.236 e. The molecule has 0 aliphatic carbocycles. The van der Waals surface area contributed by atoms with Gasteiger partial charge in [0, 0.05) is 32.2 Å². The van der Waals surface area contributed by atoms with E-state index in [4.69, 9.17) is 5.73 Å². The number of hydrogen-bond donors (Lipinski definition) is 1. The molecule has 1 amide bonds. The van der Waals surface area contributed by atoms with Crippen molar-refractivity contribution in [2.24, 2.45) is 17.6 Å².